The number of furan rings is 1. The number of esters is 1. The highest BCUT2D eigenvalue weighted by atomic mass is 16.5. The molecule has 0 N–H and O–H groups in total. The van der Waals surface area contributed by atoms with Crippen molar-refractivity contribution in [1.82, 2.24) is 0 Å². The third kappa shape index (κ3) is 3.16. The van der Waals surface area contributed by atoms with Crippen LogP contribution in [0.2, 0.25) is 0 Å². The Morgan fingerprint density at radius 2 is 1.82 bits per heavy atom. The van der Waals surface area contributed by atoms with Crippen LogP contribution < -0.4 is 14.9 Å². The van der Waals surface area contributed by atoms with E-state index in [1.54, 1.807) is 48.5 Å². The summed E-state index contributed by atoms with van der Waals surface area (Å²) in [6.45, 7) is 1.86. The summed E-state index contributed by atoms with van der Waals surface area (Å²) in [5, 5.41) is 0.327. The van der Waals surface area contributed by atoms with Gasteiger partial charge in [0.1, 0.15) is 11.3 Å². The molecule has 0 amide bonds. The van der Waals surface area contributed by atoms with Crippen LogP contribution in [-0.2, 0) is 0 Å². The number of ether oxygens (including phenoxy) is 2. The molecule has 0 aliphatic heterocycles. The quantitative estimate of drug-likeness (QED) is 0.485. The average molecular weight is 376 g/mol. The van der Waals surface area contributed by atoms with E-state index in [9.17, 15) is 9.59 Å². The first kappa shape index (κ1) is 17.6. The first-order valence-electron chi connectivity index (χ1n) is 8.54. The van der Waals surface area contributed by atoms with Crippen molar-refractivity contribution in [2.45, 2.75) is 6.92 Å². The number of aryl methyl sites for hydroxylation is 1. The minimum absolute atomic E-state index is 0.0632. The van der Waals surface area contributed by atoms with Gasteiger partial charge in [0.25, 0.3) is 0 Å². The van der Waals surface area contributed by atoms with Gasteiger partial charge in [-0.25, -0.2) is 4.79 Å². The van der Waals surface area contributed by atoms with Gasteiger partial charge in [-0.05, 0) is 55.5 Å². The highest BCUT2D eigenvalue weighted by Crippen LogP contribution is 2.32. The van der Waals surface area contributed by atoms with Gasteiger partial charge in [-0.15, -0.1) is 0 Å². The largest absolute Gasteiger partial charge is 0.497 e. The normalized spacial score (nSPS) is 10.8. The number of hydrogen-bond donors (Lipinski definition) is 0. The number of hydrogen-bond acceptors (Lipinski definition) is 6. The zero-order chi connectivity index (χ0) is 19.7. The molecule has 2 heterocycles. The maximum absolute atomic E-state index is 13.1. The van der Waals surface area contributed by atoms with Crippen molar-refractivity contribution in [3.05, 3.63) is 82.2 Å². The Balaban J connectivity index is 1.84. The second kappa shape index (κ2) is 7.08. The van der Waals surface area contributed by atoms with Crippen LogP contribution in [0.15, 0.2) is 74.5 Å². The van der Waals surface area contributed by atoms with Gasteiger partial charge in [-0.3, -0.25) is 4.79 Å². The van der Waals surface area contributed by atoms with E-state index in [-0.39, 0.29) is 22.8 Å². The first-order chi connectivity index (χ1) is 13.6. The van der Waals surface area contributed by atoms with E-state index >= 15 is 0 Å². The molecule has 0 fully saturated rings. The highest BCUT2D eigenvalue weighted by molar-refractivity contribution is 5.93. The third-order valence-corrected chi connectivity index (χ3v) is 4.27. The van der Waals surface area contributed by atoms with Crippen molar-refractivity contribution in [2.24, 2.45) is 0 Å². The van der Waals surface area contributed by atoms with Crippen LogP contribution in [-0.4, -0.2) is 13.1 Å². The van der Waals surface area contributed by atoms with Crippen molar-refractivity contribution < 1.29 is 23.1 Å². The summed E-state index contributed by atoms with van der Waals surface area (Å²) in [6.07, 6.45) is 1.45. The zero-order valence-electron chi connectivity index (χ0n) is 15.2. The van der Waals surface area contributed by atoms with E-state index in [0.29, 0.717) is 16.7 Å². The van der Waals surface area contributed by atoms with E-state index in [1.165, 1.54) is 13.4 Å². The number of carbonyl (C=O) groups excluding carboxylic acids is 1. The van der Waals surface area contributed by atoms with Crippen molar-refractivity contribution in [2.75, 3.05) is 7.11 Å². The predicted octanol–water partition coefficient (Wildman–Crippen LogP) is 4.59. The van der Waals surface area contributed by atoms with Gasteiger partial charge in [-0.2, -0.15) is 0 Å². The molecule has 2 aromatic carbocycles. The van der Waals surface area contributed by atoms with E-state index in [4.69, 9.17) is 18.3 Å². The summed E-state index contributed by atoms with van der Waals surface area (Å²) >= 11 is 0. The standard InChI is InChI=1S/C22H16O6/c1-13-5-10-17-16(12-13)19(23)21(20(27-17)18-4-3-11-26-18)28-22(24)14-6-8-15(25-2)9-7-14/h3-12H,1-2H3. The number of carbonyl (C=O) groups is 1. The lowest BCUT2D eigenvalue weighted by molar-refractivity contribution is 0.0731. The molecule has 0 radical (unpaired) electrons. The SMILES string of the molecule is COc1ccc(C(=O)Oc2c(-c3ccco3)oc3ccc(C)cc3c2=O)cc1. The summed E-state index contributed by atoms with van der Waals surface area (Å²) in [5.41, 5.74) is 1.09. The van der Waals surface area contributed by atoms with Gasteiger partial charge >= 0.3 is 5.97 Å². The number of fused-ring (bicyclic) bond motifs is 1. The summed E-state index contributed by atoms with van der Waals surface area (Å²) < 4.78 is 21.8. The second-order valence-electron chi connectivity index (χ2n) is 6.18. The molecule has 6 nitrogen and oxygen atoms in total. The Hall–Kier alpha value is -3.80. The Morgan fingerprint density at radius 1 is 1.04 bits per heavy atom. The lowest BCUT2D eigenvalue weighted by Gasteiger charge is -2.09. The number of rotatable bonds is 4. The van der Waals surface area contributed by atoms with Crippen LogP contribution >= 0.6 is 0 Å². The van der Waals surface area contributed by atoms with Crippen molar-refractivity contribution in [3.63, 3.8) is 0 Å². The lowest BCUT2D eigenvalue weighted by atomic mass is 10.1. The monoisotopic (exact) mass is 376 g/mol. The lowest BCUT2D eigenvalue weighted by Crippen LogP contribution is -2.16. The molecule has 0 aliphatic carbocycles. The molecule has 0 saturated carbocycles. The fraction of sp³-hybridized carbons (Fsp3) is 0.0909. The maximum atomic E-state index is 13.1. The Morgan fingerprint density at radius 3 is 2.50 bits per heavy atom. The summed E-state index contributed by atoms with van der Waals surface area (Å²) in [4.78, 5) is 25.7. The molecule has 2 aromatic heterocycles. The Labute approximate surface area is 159 Å². The molecular formula is C22H16O6. The molecule has 4 rings (SSSR count). The third-order valence-electron chi connectivity index (χ3n) is 4.27. The molecule has 0 atom stereocenters. The molecule has 0 bridgehead atoms. The van der Waals surface area contributed by atoms with Crippen LogP contribution in [0.5, 0.6) is 11.5 Å². The van der Waals surface area contributed by atoms with Crippen molar-refractivity contribution >= 4 is 16.9 Å². The summed E-state index contributed by atoms with van der Waals surface area (Å²) in [6, 6.07) is 14.9. The summed E-state index contributed by atoms with van der Waals surface area (Å²) in [7, 11) is 1.53. The Kier molecular flexibility index (Phi) is 4.45. The van der Waals surface area contributed by atoms with Gasteiger partial charge in [-0.1, -0.05) is 11.6 Å². The van der Waals surface area contributed by atoms with Gasteiger partial charge in [0.05, 0.1) is 24.3 Å². The van der Waals surface area contributed by atoms with E-state index in [1.807, 2.05) is 13.0 Å². The molecule has 140 valence electrons. The topological polar surface area (TPSA) is 78.9 Å². The van der Waals surface area contributed by atoms with Crippen LogP contribution in [0.1, 0.15) is 15.9 Å². The van der Waals surface area contributed by atoms with Crippen molar-refractivity contribution in [3.8, 4) is 23.0 Å². The van der Waals surface area contributed by atoms with Crippen molar-refractivity contribution in [1.29, 1.82) is 0 Å². The maximum Gasteiger partial charge on any atom is 0.343 e. The summed E-state index contributed by atoms with van der Waals surface area (Å²) in [5.74, 6) is 0.0578. The average Bonchev–Trinajstić information content (AvgIpc) is 3.25. The highest BCUT2D eigenvalue weighted by Gasteiger charge is 2.23. The van der Waals surface area contributed by atoms with E-state index in [0.717, 1.165) is 5.56 Å². The smallest absolute Gasteiger partial charge is 0.343 e. The number of methoxy groups -OCH3 is 1. The second-order valence-corrected chi connectivity index (χ2v) is 6.18. The van der Waals surface area contributed by atoms with Gasteiger partial charge in [0.2, 0.25) is 16.9 Å². The molecule has 4 aromatic rings. The number of benzene rings is 2. The van der Waals surface area contributed by atoms with Crippen LogP contribution in [0, 0.1) is 6.92 Å². The fourth-order valence-corrected chi connectivity index (χ4v) is 2.83. The van der Waals surface area contributed by atoms with Crippen LogP contribution in [0.4, 0.5) is 0 Å². The molecule has 28 heavy (non-hydrogen) atoms. The molecule has 0 spiro atoms. The van der Waals surface area contributed by atoms with Crippen LogP contribution in [0.3, 0.4) is 0 Å². The first-order valence-corrected chi connectivity index (χ1v) is 8.54. The molecular weight excluding hydrogens is 360 g/mol. The minimum atomic E-state index is -0.685. The Bertz CT molecular complexity index is 1200. The molecule has 0 aliphatic rings. The minimum Gasteiger partial charge on any atom is -0.497 e. The van der Waals surface area contributed by atoms with Crippen LogP contribution in [0.25, 0.3) is 22.5 Å². The molecule has 0 unspecified atom stereocenters. The van der Waals surface area contributed by atoms with E-state index in [2.05, 4.69) is 0 Å². The van der Waals surface area contributed by atoms with Gasteiger partial charge in [0, 0.05) is 0 Å². The van der Waals surface area contributed by atoms with Gasteiger partial charge < -0.3 is 18.3 Å². The molecule has 6 heteroatoms. The van der Waals surface area contributed by atoms with E-state index < -0.39 is 11.4 Å². The zero-order valence-corrected chi connectivity index (χ0v) is 15.2. The predicted molar refractivity (Wildman–Crippen MR) is 103 cm³/mol. The van der Waals surface area contributed by atoms with Gasteiger partial charge in [0.15, 0.2) is 5.76 Å². The molecule has 0 saturated heterocycles. The fourth-order valence-electron chi connectivity index (χ4n) is 2.83.